The molecule has 0 heterocycles. The molecule has 8 heteroatoms. The van der Waals surface area contributed by atoms with Crippen LogP contribution in [-0.2, 0) is 14.9 Å². The SMILES string of the molecule is CCCCCCCCCCCCCC/C=C/C(O)C(CS(=O)(=O)O)NC(=O)C(O)CCCCCCCCCCCCCCCCCCCCCCCC. The van der Waals surface area contributed by atoms with Gasteiger partial charge in [-0.3, -0.25) is 9.35 Å². The summed E-state index contributed by atoms with van der Waals surface area (Å²) in [6.07, 6.45) is 45.6. The van der Waals surface area contributed by atoms with E-state index < -0.39 is 40.0 Å². The molecule has 0 rings (SSSR count). The van der Waals surface area contributed by atoms with Crippen LogP contribution < -0.4 is 5.32 Å². The molecule has 0 fully saturated rings. The molecule has 3 unspecified atom stereocenters. The number of carbonyl (C=O) groups excluding carboxylic acids is 1. The molecule has 316 valence electrons. The molecule has 0 saturated heterocycles. The van der Waals surface area contributed by atoms with Gasteiger partial charge in [-0.15, -0.1) is 0 Å². The van der Waals surface area contributed by atoms with Crippen LogP contribution in [0.2, 0.25) is 0 Å². The number of hydrogen-bond acceptors (Lipinski definition) is 5. The van der Waals surface area contributed by atoms with Crippen LogP contribution in [0.4, 0.5) is 0 Å². The zero-order chi connectivity index (χ0) is 39.1. The molecule has 0 aliphatic carbocycles. The van der Waals surface area contributed by atoms with E-state index in [0.29, 0.717) is 6.42 Å². The largest absolute Gasteiger partial charge is 0.387 e. The fourth-order valence-electron chi connectivity index (χ4n) is 7.28. The lowest BCUT2D eigenvalue weighted by Crippen LogP contribution is -2.50. The van der Waals surface area contributed by atoms with Crippen LogP contribution in [-0.4, -0.2) is 53.1 Å². The van der Waals surface area contributed by atoms with E-state index in [1.807, 2.05) is 0 Å². The van der Waals surface area contributed by atoms with Crippen molar-refractivity contribution < 1.29 is 28.0 Å². The third-order valence-electron chi connectivity index (χ3n) is 10.8. The van der Waals surface area contributed by atoms with Crippen LogP contribution in [0.15, 0.2) is 12.2 Å². The Hall–Kier alpha value is -0.960. The van der Waals surface area contributed by atoms with E-state index in [0.717, 1.165) is 38.5 Å². The number of allylic oxidation sites excluding steroid dienone is 1. The third-order valence-corrected chi connectivity index (χ3v) is 11.6. The number of rotatable bonds is 42. The van der Waals surface area contributed by atoms with Crippen LogP contribution in [0.1, 0.15) is 245 Å². The maximum atomic E-state index is 12.6. The van der Waals surface area contributed by atoms with E-state index in [-0.39, 0.29) is 6.42 Å². The Morgan fingerprint density at radius 1 is 0.509 bits per heavy atom. The van der Waals surface area contributed by atoms with Gasteiger partial charge in [0.05, 0.1) is 17.9 Å². The molecule has 0 aliphatic rings. The summed E-state index contributed by atoms with van der Waals surface area (Å²) in [5.41, 5.74) is 0. The molecular formula is C45H89NO6S. The van der Waals surface area contributed by atoms with E-state index in [1.54, 1.807) is 6.08 Å². The summed E-state index contributed by atoms with van der Waals surface area (Å²) in [5, 5.41) is 23.5. The Morgan fingerprint density at radius 2 is 0.811 bits per heavy atom. The Kier molecular flexibility index (Phi) is 38.6. The van der Waals surface area contributed by atoms with Crippen LogP contribution in [0.25, 0.3) is 0 Å². The van der Waals surface area contributed by atoms with Crippen molar-refractivity contribution in [2.45, 2.75) is 263 Å². The quantitative estimate of drug-likeness (QED) is 0.0278. The fraction of sp³-hybridized carbons (Fsp3) is 0.933. The van der Waals surface area contributed by atoms with Gasteiger partial charge in [0.25, 0.3) is 10.1 Å². The number of aliphatic hydroxyl groups is 2. The molecule has 3 atom stereocenters. The van der Waals surface area contributed by atoms with Crippen molar-refractivity contribution in [1.29, 1.82) is 0 Å². The second kappa shape index (κ2) is 39.3. The summed E-state index contributed by atoms with van der Waals surface area (Å²) in [6.45, 7) is 4.52. The van der Waals surface area contributed by atoms with Gasteiger partial charge in [-0.2, -0.15) is 8.42 Å². The van der Waals surface area contributed by atoms with Crippen LogP contribution in [0.5, 0.6) is 0 Å². The minimum Gasteiger partial charge on any atom is -0.387 e. The Morgan fingerprint density at radius 3 is 1.13 bits per heavy atom. The van der Waals surface area contributed by atoms with Crippen molar-refractivity contribution in [1.82, 2.24) is 5.32 Å². The molecule has 7 nitrogen and oxygen atoms in total. The zero-order valence-electron chi connectivity index (χ0n) is 35.0. The molecule has 0 radical (unpaired) electrons. The average molecular weight is 772 g/mol. The second-order valence-electron chi connectivity index (χ2n) is 16.2. The summed E-state index contributed by atoms with van der Waals surface area (Å²) in [7, 11) is -4.44. The normalized spacial score (nSPS) is 13.8. The smallest absolute Gasteiger partial charge is 0.267 e. The maximum absolute atomic E-state index is 12.6. The number of nitrogens with one attached hydrogen (secondary N) is 1. The molecule has 4 N–H and O–H groups in total. The maximum Gasteiger partial charge on any atom is 0.267 e. The van der Waals surface area contributed by atoms with Crippen molar-refractivity contribution in [3.8, 4) is 0 Å². The Balaban J connectivity index is 3.88. The summed E-state index contributed by atoms with van der Waals surface area (Å²) >= 11 is 0. The minimum atomic E-state index is -4.44. The second-order valence-corrected chi connectivity index (χ2v) is 17.7. The Labute approximate surface area is 329 Å². The highest BCUT2D eigenvalue weighted by molar-refractivity contribution is 7.85. The van der Waals surface area contributed by atoms with Gasteiger partial charge in [-0.05, 0) is 19.3 Å². The Bertz CT molecular complexity index is 911. The number of carbonyl (C=O) groups is 1. The first-order valence-corrected chi connectivity index (χ1v) is 24.6. The van der Waals surface area contributed by atoms with Gasteiger partial charge in [0.15, 0.2) is 0 Å². The van der Waals surface area contributed by atoms with E-state index in [2.05, 4.69) is 19.2 Å². The van der Waals surface area contributed by atoms with Crippen molar-refractivity contribution in [2.24, 2.45) is 0 Å². The number of hydrogen-bond donors (Lipinski definition) is 4. The van der Waals surface area contributed by atoms with Crippen molar-refractivity contribution in [3.05, 3.63) is 12.2 Å². The van der Waals surface area contributed by atoms with Gasteiger partial charge in [0, 0.05) is 0 Å². The predicted molar refractivity (Wildman–Crippen MR) is 227 cm³/mol. The highest BCUT2D eigenvalue weighted by Crippen LogP contribution is 2.17. The fourth-order valence-corrected chi connectivity index (χ4v) is 8.02. The van der Waals surface area contributed by atoms with Crippen LogP contribution in [0, 0.1) is 0 Å². The molecular weight excluding hydrogens is 683 g/mol. The van der Waals surface area contributed by atoms with Gasteiger partial charge in [0.2, 0.25) is 5.91 Å². The molecule has 0 saturated carbocycles. The molecule has 1 amide bonds. The van der Waals surface area contributed by atoms with Gasteiger partial charge >= 0.3 is 0 Å². The van der Waals surface area contributed by atoms with Crippen LogP contribution >= 0.6 is 0 Å². The highest BCUT2D eigenvalue weighted by atomic mass is 32.2. The highest BCUT2D eigenvalue weighted by Gasteiger charge is 2.27. The van der Waals surface area contributed by atoms with E-state index in [4.69, 9.17) is 0 Å². The van der Waals surface area contributed by atoms with Gasteiger partial charge in [0.1, 0.15) is 6.10 Å². The molecule has 0 aromatic rings. The first-order valence-electron chi connectivity index (χ1n) is 23.0. The number of unbranched alkanes of at least 4 members (excludes halogenated alkanes) is 33. The lowest BCUT2D eigenvalue weighted by Gasteiger charge is -2.22. The van der Waals surface area contributed by atoms with E-state index in [9.17, 15) is 28.0 Å². The monoisotopic (exact) mass is 772 g/mol. The first kappa shape index (κ1) is 52.0. The molecule has 0 bridgehead atoms. The third kappa shape index (κ3) is 39.1. The van der Waals surface area contributed by atoms with Gasteiger partial charge in [-0.25, -0.2) is 0 Å². The molecule has 0 aliphatic heterocycles. The predicted octanol–water partition coefficient (Wildman–Crippen LogP) is 12.7. The topological polar surface area (TPSA) is 124 Å². The van der Waals surface area contributed by atoms with Gasteiger partial charge < -0.3 is 15.5 Å². The molecule has 53 heavy (non-hydrogen) atoms. The number of aliphatic hydroxyl groups excluding tert-OH is 2. The zero-order valence-corrected chi connectivity index (χ0v) is 35.8. The van der Waals surface area contributed by atoms with Crippen molar-refractivity contribution >= 4 is 16.0 Å². The first-order chi connectivity index (χ1) is 25.7. The van der Waals surface area contributed by atoms with E-state index in [1.165, 1.54) is 186 Å². The van der Waals surface area contributed by atoms with Gasteiger partial charge in [-0.1, -0.05) is 238 Å². The van der Waals surface area contributed by atoms with Crippen LogP contribution in [0.3, 0.4) is 0 Å². The summed E-state index contributed by atoms with van der Waals surface area (Å²) in [6, 6.07) is -1.23. The summed E-state index contributed by atoms with van der Waals surface area (Å²) < 4.78 is 32.6. The molecule has 0 aromatic carbocycles. The standard InChI is InChI=1S/C45H89NO6S/c1-3-5-7-9-11-13-15-17-19-20-21-22-23-24-25-26-28-30-32-34-36-38-40-44(48)45(49)46-42(41-53(50,51)52)43(47)39-37-35-33-31-29-27-18-16-14-12-10-8-6-4-2/h37,39,42-44,47-48H,3-36,38,40-41H2,1-2H3,(H,46,49)(H,50,51,52)/b39-37+. The molecule has 0 spiro atoms. The lowest BCUT2D eigenvalue weighted by atomic mass is 10.0. The number of amides is 1. The lowest BCUT2D eigenvalue weighted by molar-refractivity contribution is -0.130. The van der Waals surface area contributed by atoms with Crippen molar-refractivity contribution in [2.75, 3.05) is 5.75 Å². The average Bonchev–Trinajstić information content (AvgIpc) is 3.12. The van der Waals surface area contributed by atoms with Crippen molar-refractivity contribution in [3.63, 3.8) is 0 Å². The minimum absolute atomic E-state index is 0.286. The molecule has 0 aromatic heterocycles. The summed E-state index contributed by atoms with van der Waals surface area (Å²) in [5.74, 6) is -1.52. The van der Waals surface area contributed by atoms with E-state index >= 15 is 0 Å². The summed E-state index contributed by atoms with van der Waals surface area (Å²) in [4.78, 5) is 12.6.